The van der Waals surface area contributed by atoms with E-state index in [0.717, 1.165) is 30.5 Å². The van der Waals surface area contributed by atoms with Gasteiger partial charge in [0, 0.05) is 31.8 Å². The maximum Gasteiger partial charge on any atom is 0.223 e. The third kappa shape index (κ3) is 3.00. The molecule has 0 radical (unpaired) electrons. The molecule has 2 fully saturated rings. The molecule has 0 aromatic carbocycles. The van der Waals surface area contributed by atoms with Crippen molar-refractivity contribution < 1.29 is 13.9 Å². The Morgan fingerprint density at radius 2 is 2.11 bits per heavy atom. The predicted molar refractivity (Wildman–Crippen MR) is 71.0 cm³/mol. The molecule has 0 unspecified atom stereocenters. The molecule has 4 heteroatoms. The van der Waals surface area contributed by atoms with E-state index in [2.05, 4.69) is 13.0 Å². The van der Waals surface area contributed by atoms with E-state index >= 15 is 0 Å². The highest BCUT2D eigenvalue weighted by molar-refractivity contribution is 5.76. The van der Waals surface area contributed by atoms with Crippen molar-refractivity contribution in [3.05, 3.63) is 23.7 Å². The molecule has 1 aromatic heterocycles. The van der Waals surface area contributed by atoms with E-state index in [0.29, 0.717) is 32.0 Å². The number of ether oxygens (including phenoxy) is 1. The molecule has 2 atom stereocenters. The second-order valence-electron chi connectivity index (χ2n) is 5.62. The van der Waals surface area contributed by atoms with Gasteiger partial charge in [-0.15, -0.1) is 0 Å². The van der Waals surface area contributed by atoms with Gasteiger partial charge in [0.1, 0.15) is 11.5 Å². The topological polar surface area (TPSA) is 42.7 Å². The summed E-state index contributed by atoms with van der Waals surface area (Å²) in [6.07, 6.45) is 2.48. The van der Waals surface area contributed by atoms with Crippen LogP contribution in [0.4, 0.5) is 0 Å². The molecule has 2 heterocycles. The summed E-state index contributed by atoms with van der Waals surface area (Å²) in [4.78, 5) is 13.9. The molecule has 104 valence electrons. The molecule has 3 rings (SSSR count). The molecule has 0 N–H and O–H groups in total. The molecule has 1 aliphatic heterocycles. The summed E-state index contributed by atoms with van der Waals surface area (Å²) in [6.45, 7) is 5.02. The molecule has 1 amide bonds. The number of carbonyl (C=O) groups is 1. The third-order valence-electron chi connectivity index (χ3n) is 4.11. The first-order valence-corrected chi connectivity index (χ1v) is 7.18. The second-order valence-corrected chi connectivity index (χ2v) is 5.62. The zero-order chi connectivity index (χ0) is 13.2. The maximum absolute atomic E-state index is 12.0. The summed E-state index contributed by atoms with van der Waals surface area (Å²) in [5.74, 6) is 3.62. The molecule has 19 heavy (non-hydrogen) atoms. The van der Waals surface area contributed by atoms with Crippen LogP contribution in [0.1, 0.15) is 37.2 Å². The van der Waals surface area contributed by atoms with Gasteiger partial charge in [-0.3, -0.25) is 4.79 Å². The van der Waals surface area contributed by atoms with Gasteiger partial charge in [-0.2, -0.15) is 0 Å². The summed E-state index contributed by atoms with van der Waals surface area (Å²) in [7, 11) is 0. The summed E-state index contributed by atoms with van der Waals surface area (Å²) >= 11 is 0. The minimum atomic E-state index is 0.209. The molecule has 0 spiro atoms. The predicted octanol–water partition coefficient (Wildman–Crippen LogP) is 2.19. The largest absolute Gasteiger partial charge is 0.466 e. The summed E-state index contributed by atoms with van der Waals surface area (Å²) in [5.41, 5.74) is 0. The summed E-state index contributed by atoms with van der Waals surface area (Å²) < 4.78 is 11.1. The van der Waals surface area contributed by atoms with Crippen LogP contribution in [0.3, 0.4) is 0 Å². The van der Waals surface area contributed by atoms with E-state index in [1.165, 1.54) is 6.42 Å². The zero-order valence-corrected chi connectivity index (χ0v) is 11.4. The Morgan fingerprint density at radius 1 is 1.37 bits per heavy atom. The monoisotopic (exact) mass is 263 g/mol. The number of carbonyl (C=O) groups excluding carboxylic acids is 1. The molecule has 1 saturated carbocycles. The summed E-state index contributed by atoms with van der Waals surface area (Å²) in [6, 6.07) is 4.09. The Bertz CT molecular complexity index is 448. The Hall–Kier alpha value is -1.29. The normalized spacial score (nSPS) is 26.5. The maximum atomic E-state index is 12.0. The van der Waals surface area contributed by atoms with Crippen molar-refractivity contribution in [3.8, 4) is 0 Å². The van der Waals surface area contributed by atoms with Crippen molar-refractivity contribution in [1.29, 1.82) is 0 Å². The van der Waals surface area contributed by atoms with Crippen molar-refractivity contribution in [2.75, 3.05) is 26.3 Å². The first-order valence-electron chi connectivity index (χ1n) is 7.18. The minimum Gasteiger partial charge on any atom is -0.466 e. The van der Waals surface area contributed by atoms with Crippen molar-refractivity contribution in [2.24, 2.45) is 5.92 Å². The van der Waals surface area contributed by atoms with Crippen LogP contribution in [-0.4, -0.2) is 37.1 Å². The van der Waals surface area contributed by atoms with E-state index < -0.39 is 0 Å². The number of aryl methyl sites for hydroxylation is 1. The van der Waals surface area contributed by atoms with Gasteiger partial charge in [-0.05, 0) is 24.5 Å². The molecule has 4 nitrogen and oxygen atoms in total. The van der Waals surface area contributed by atoms with Gasteiger partial charge in [0.05, 0.1) is 13.2 Å². The van der Waals surface area contributed by atoms with Gasteiger partial charge in [0.25, 0.3) is 0 Å². The van der Waals surface area contributed by atoms with Crippen LogP contribution in [0.15, 0.2) is 16.5 Å². The number of nitrogens with zero attached hydrogens (tertiary/aromatic N) is 1. The number of rotatable bonds is 4. The second kappa shape index (κ2) is 5.37. The van der Waals surface area contributed by atoms with Crippen molar-refractivity contribution in [3.63, 3.8) is 0 Å². The van der Waals surface area contributed by atoms with Gasteiger partial charge in [0.2, 0.25) is 5.91 Å². The average molecular weight is 263 g/mol. The van der Waals surface area contributed by atoms with Crippen LogP contribution in [0.5, 0.6) is 0 Å². The lowest BCUT2D eigenvalue weighted by molar-refractivity contribution is -0.135. The van der Waals surface area contributed by atoms with Gasteiger partial charge in [-0.1, -0.05) is 6.92 Å². The lowest BCUT2D eigenvalue weighted by atomic mass is 10.2. The highest BCUT2D eigenvalue weighted by Crippen LogP contribution is 2.47. The first kappa shape index (κ1) is 12.7. The van der Waals surface area contributed by atoms with Crippen LogP contribution < -0.4 is 0 Å². The highest BCUT2D eigenvalue weighted by Gasteiger charge is 2.36. The summed E-state index contributed by atoms with van der Waals surface area (Å²) in [5, 5.41) is 0. The van der Waals surface area contributed by atoms with Crippen LogP contribution in [0, 0.1) is 5.92 Å². The van der Waals surface area contributed by atoms with E-state index in [9.17, 15) is 4.79 Å². The van der Waals surface area contributed by atoms with Crippen LogP contribution in [-0.2, 0) is 16.0 Å². The number of morpholine rings is 1. The SMILES string of the molecule is C[C@H]1C[C@H]1c1ccc(CCC(=O)N2CCOCC2)o1. The third-order valence-corrected chi connectivity index (χ3v) is 4.11. The average Bonchev–Trinajstić information content (AvgIpc) is 3.00. The van der Waals surface area contributed by atoms with Gasteiger partial charge in [0.15, 0.2) is 0 Å². The molecule has 0 bridgehead atoms. The molecule has 2 aliphatic rings. The van der Waals surface area contributed by atoms with E-state index in [4.69, 9.17) is 9.15 Å². The van der Waals surface area contributed by atoms with Gasteiger partial charge in [-0.25, -0.2) is 0 Å². The highest BCUT2D eigenvalue weighted by atomic mass is 16.5. The van der Waals surface area contributed by atoms with E-state index in [1.807, 2.05) is 11.0 Å². The van der Waals surface area contributed by atoms with Crippen LogP contribution >= 0.6 is 0 Å². The van der Waals surface area contributed by atoms with Crippen molar-refractivity contribution >= 4 is 5.91 Å². The fourth-order valence-electron chi connectivity index (χ4n) is 2.65. The number of hydrogen-bond donors (Lipinski definition) is 0. The van der Waals surface area contributed by atoms with Crippen LogP contribution in [0.2, 0.25) is 0 Å². The van der Waals surface area contributed by atoms with Gasteiger partial charge >= 0.3 is 0 Å². The minimum absolute atomic E-state index is 0.209. The standard InChI is InChI=1S/C15H21NO3/c1-11-10-13(11)14-4-2-12(19-14)3-5-15(17)16-6-8-18-9-7-16/h2,4,11,13H,3,5-10H2,1H3/t11-,13+/m0/s1. The molecular weight excluding hydrogens is 242 g/mol. The van der Waals surface area contributed by atoms with Gasteiger partial charge < -0.3 is 14.1 Å². The van der Waals surface area contributed by atoms with E-state index in [-0.39, 0.29) is 5.91 Å². The fourth-order valence-corrected chi connectivity index (χ4v) is 2.65. The fraction of sp³-hybridized carbons (Fsp3) is 0.667. The van der Waals surface area contributed by atoms with Crippen LogP contribution in [0.25, 0.3) is 0 Å². The Kier molecular flexibility index (Phi) is 3.60. The number of amides is 1. The van der Waals surface area contributed by atoms with Crippen molar-refractivity contribution in [1.82, 2.24) is 4.90 Å². The molecule has 1 aromatic rings. The molecule has 1 saturated heterocycles. The van der Waals surface area contributed by atoms with Crippen molar-refractivity contribution in [2.45, 2.75) is 32.1 Å². The molecular formula is C15H21NO3. The Balaban J connectivity index is 1.48. The zero-order valence-electron chi connectivity index (χ0n) is 11.4. The number of hydrogen-bond acceptors (Lipinski definition) is 3. The molecule has 1 aliphatic carbocycles. The lowest BCUT2D eigenvalue weighted by Crippen LogP contribution is -2.40. The Labute approximate surface area is 113 Å². The Morgan fingerprint density at radius 3 is 2.79 bits per heavy atom. The number of furan rings is 1. The van der Waals surface area contributed by atoms with E-state index in [1.54, 1.807) is 0 Å². The first-order chi connectivity index (χ1) is 9.24. The smallest absolute Gasteiger partial charge is 0.223 e. The lowest BCUT2D eigenvalue weighted by Gasteiger charge is -2.26. The quantitative estimate of drug-likeness (QED) is 0.836.